The lowest BCUT2D eigenvalue weighted by Crippen LogP contribution is -2.37. The summed E-state index contributed by atoms with van der Waals surface area (Å²) in [5, 5.41) is 16.6. The Labute approximate surface area is 127 Å². The molecule has 0 aliphatic rings. The molecule has 1 rings (SSSR count). The maximum absolute atomic E-state index is 7.96. The Kier molecular flexibility index (Phi) is 6.55. The van der Waals surface area contributed by atoms with Crippen molar-refractivity contribution in [3.63, 3.8) is 0 Å². The predicted molar refractivity (Wildman–Crippen MR) is 86.2 cm³/mol. The maximum atomic E-state index is 7.96. The second-order valence-corrected chi connectivity index (χ2v) is 5.22. The van der Waals surface area contributed by atoms with Gasteiger partial charge >= 0.3 is 0 Å². The number of hydrogen-bond donors (Lipinski definition) is 2. The molecule has 6 heteroatoms. The monoisotopic (exact) mass is 293 g/mol. The lowest BCUT2D eigenvalue weighted by molar-refractivity contribution is 0.203. The second-order valence-electron chi connectivity index (χ2n) is 5.22. The van der Waals surface area contributed by atoms with Gasteiger partial charge in [-0.2, -0.15) is 5.10 Å². The average molecular weight is 293 g/mol. The van der Waals surface area contributed by atoms with Gasteiger partial charge in [-0.15, -0.1) is 5.10 Å². The smallest absolute Gasteiger partial charge is 0.162 e. The number of rotatable bonds is 8. The number of aromatic nitrogens is 2. The fourth-order valence-electron chi connectivity index (χ4n) is 2.44. The molecule has 0 unspecified atom stereocenters. The topological polar surface area (TPSA) is 88.1 Å². The van der Waals surface area contributed by atoms with Gasteiger partial charge in [-0.25, -0.2) is 0 Å². The summed E-state index contributed by atoms with van der Waals surface area (Å²) in [6, 6.07) is 0.227. The molecule has 0 saturated heterocycles. The van der Waals surface area contributed by atoms with Gasteiger partial charge in [-0.1, -0.05) is 13.8 Å². The van der Waals surface area contributed by atoms with E-state index in [0.717, 1.165) is 24.1 Å². The van der Waals surface area contributed by atoms with Crippen LogP contribution in [0.4, 0.5) is 5.82 Å². The van der Waals surface area contributed by atoms with Crippen molar-refractivity contribution >= 4 is 11.7 Å². The highest BCUT2D eigenvalue weighted by atomic mass is 16.5. The van der Waals surface area contributed by atoms with E-state index in [4.69, 9.17) is 15.9 Å². The van der Waals surface area contributed by atoms with E-state index < -0.39 is 0 Å². The van der Waals surface area contributed by atoms with Gasteiger partial charge in [0.2, 0.25) is 0 Å². The van der Waals surface area contributed by atoms with Gasteiger partial charge in [-0.05, 0) is 32.3 Å². The normalized spacial score (nSPS) is 11.0. The molecule has 0 bridgehead atoms. The number of nitrogens with zero attached hydrogens (tertiary/aromatic N) is 3. The zero-order chi connectivity index (χ0) is 16.0. The summed E-state index contributed by atoms with van der Waals surface area (Å²) in [7, 11) is 1.67. The van der Waals surface area contributed by atoms with Gasteiger partial charge in [0.05, 0.1) is 17.9 Å². The molecule has 0 fully saturated rings. The van der Waals surface area contributed by atoms with Crippen LogP contribution in [0.15, 0.2) is 0 Å². The minimum absolute atomic E-state index is 0.0505. The molecule has 1 aromatic rings. The van der Waals surface area contributed by atoms with Crippen molar-refractivity contribution in [1.29, 1.82) is 5.41 Å². The van der Waals surface area contributed by atoms with Crippen LogP contribution in [0.1, 0.15) is 44.5 Å². The summed E-state index contributed by atoms with van der Waals surface area (Å²) in [4.78, 5) is 2.09. The first-order valence-corrected chi connectivity index (χ1v) is 7.46. The quantitative estimate of drug-likeness (QED) is 0.563. The summed E-state index contributed by atoms with van der Waals surface area (Å²) >= 11 is 0. The van der Waals surface area contributed by atoms with E-state index >= 15 is 0 Å². The van der Waals surface area contributed by atoms with E-state index in [1.807, 2.05) is 6.92 Å². The third-order valence-electron chi connectivity index (χ3n) is 3.53. The van der Waals surface area contributed by atoms with Gasteiger partial charge < -0.3 is 15.4 Å². The predicted octanol–water partition coefficient (Wildman–Crippen LogP) is 1.75. The van der Waals surface area contributed by atoms with Gasteiger partial charge in [-0.3, -0.25) is 5.41 Å². The van der Waals surface area contributed by atoms with Crippen LogP contribution in [0.3, 0.4) is 0 Å². The summed E-state index contributed by atoms with van der Waals surface area (Å²) in [6.45, 7) is 9.55. The summed E-state index contributed by atoms with van der Waals surface area (Å²) < 4.78 is 5.17. The number of nitrogen functional groups attached to an aromatic ring is 1. The number of aryl methyl sites for hydroxylation is 1. The number of ether oxygens (including phenoxy) is 1. The van der Waals surface area contributed by atoms with Crippen LogP contribution in [0.5, 0.6) is 0 Å². The van der Waals surface area contributed by atoms with Crippen LogP contribution in [-0.4, -0.2) is 42.3 Å². The van der Waals surface area contributed by atoms with E-state index in [9.17, 15) is 0 Å². The van der Waals surface area contributed by atoms with Crippen LogP contribution in [-0.2, 0) is 17.6 Å². The van der Waals surface area contributed by atoms with Crippen LogP contribution in [0.2, 0.25) is 0 Å². The molecule has 0 spiro atoms. The van der Waals surface area contributed by atoms with E-state index in [1.54, 1.807) is 7.11 Å². The second kappa shape index (κ2) is 7.93. The van der Waals surface area contributed by atoms with Gasteiger partial charge in [0.25, 0.3) is 0 Å². The van der Waals surface area contributed by atoms with Gasteiger partial charge in [0, 0.05) is 19.7 Å². The fraction of sp³-hybridized carbons (Fsp3) is 0.667. The number of hydrogen-bond acceptors (Lipinski definition) is 5. The van der Waals surface area contributed by atoms with Crippen molar-refractivity contribution < 1.29 is 4.74 Å². The number of nitrogens with two attached hydrogens (primary N) is 1. The Morgan fingerprint density at radius 3 is 2.38 bits per heavy atom. The van der Waals surface area contributed by atoms with Crippen molar-refractivity contribution in [2.24, 2.45) is 5.73 Å². The first-order valence-electron chi connectivity index (χ1n) is 7.46. The van der Waals surface area contributed by atoms with Crippen LogP contribution < -0.4 is 10.6 Å². The van der Waals surface area contributed by atoms with Crippen LogP contribution in [0.25, 0.3) is 0 Å². The van der Waals surface area contributed by atoms with Crippen LogP contribution >= 0.6 is 0 Å². The average Bonchev–Trinajstić information content (AvgIpc) is 2.46. The molecular formula is C15H27N5O. The molecule has 1 aromatic heterocycles. The third kappa shape index (κ3) is 3.91. The van der Waals surface area contributed by atoms with Crippen LogP contribution in [0, 0.1) is 5.41 Å². The standard InChI is InChI=1S/C15H27N5O/c1-6-11-12(7-2)18-19-15(13(11)14(16)17)20(10(3)4)8-9-21-5/h10H,6-9H2,1-5H3,(H3,16,17). The van der Waals surface area contributed by atoms with Crippen molar-refractivity contribution in [2.45, 2.75) is 46.6 Å². The molecule has 6 nitrogen and oxygen atoms in total. The highest BCUT2D eigenvalue weighted by molar-refractivity contribution is 6.01. The largest absolute Gasteiger partial charge is 0.384 e. The fourth-order valence-corrected chi connectivity index (χ4v) is 2.44. The third-order valence-corrected chi connectivity index (χ3v) is 3.53. The minimum Gasteiger partial charge on any atom is -0.384 e. The molecular weight excluding hydrogens is 266 g/mol. The summed E-state index contributed by atoms with van der Waals surface area (Å²) in [5.74, 6) is 0.734. The number of amidine groups is 1. The van der Waals surface area contributed by atoms with E-state index in [0.29, 0.717) is 24.5 Å². The molecule has 0 aliphatic carbocycles. The van der Waals surface area contributed by atoms with E-state index in [1.165, 1.54) is 0 Å². The molecule has 3 N–H and O–H groups in total. The van der Waals surface area contributed by atoms with Crippen molar-refractivity contribution in [1.82, 2.24) is 10.2 Å². The SMILES string of the molecule is CCc1nnc(N(CCOC)C(C)C)c(C(=N)N)c1CC. The Morgan fingerprint density at radius 2 is 1.95 bits per heavy atom. The Bertz CT molecular complexity index is 487. The summed E-state index contributed by atoms with van der Waals surface area (Å²) in [6.07, 6.45) is 1.58. The minimum atomic E-state index is 0.0505. The van der Waals surface area contributed by atoms with Gasteiger partial charge in [0.15, 0.2) is 5.82 Å². The Balaban J connectivity index is 3.42. The molecule has 0 radical (unpaired) electrons. The zero-order valence-corrected chi connectivity index (χ0v) is 13.7. The molecule has 0 atom stereocenters. The molecule has 0 amide bonds. The maximum Gasteiger partial charge on any atom is 0.162 e. The van der Waals surface area contributed by atoms with Crippen molar-refractivity contribution in [3.8, 4) is 0 Å². The molecule has 0 saturated carbocycles. The lowest BCUT2D eigenvalue weighted by Gasteiger charge is -2.30. The molecule has 118 valence electrons. The molecule has 0 aliphatic heterocycles. The number of methoxy groups -OCH3 is 1. The van der Waals surface area contributed by atoms with Crippen molar-refractivity contribution in [3.05, 3.63) is 16.8 Å². The number of anilines is 1. The number of nitrogens with one attached hydrogen (secondary N) is 1. The first kappa shape index (κ1) is 17.4. The lowest BCUT2D eigenvalue weighted by atomic mass is 10.0. The Hall–Kier alpha value is -1.69. The highest BCUT2D eigenvalue weighted by Gasteiger charge is 2.22. The Morgan fingerprint density at radius 1 is 1.29 bits per heavy atom. The van der Waals surface area contributed by atoms with E-state index in [-0.39, 0.29) is 11.9 Å². The molecule has 0 aromatic carbocycles. The van der Waals surface area contributed by atoms with E-state index in [2.05, 4.69) is 35.9 Å². The molecule has 1 heterocycles. The molecule has 21 heavy (non-hydrogen) atoms. The van der Waals surface area contributed by atoms with Gasteiger partial charge in [0.1, 0.15) is 5.84 Å². The van der Waals surface area contributed by atoms with Crippen molar-refractivity contribution in [2.75, 3.05) is 25.2 Å². The first-order chi connectivity index (χ1) is 9.97. The summed E-state index contributed by atoms with van der Waals surface area (Å²) in [5.41, 5.74) is 8.50. The zero-order valence-electron chi connectivity index (χ0n) is 13.7. The highest BCUT2D eigenvalue weighted by Crippen LogP contribution is 2.25.